The summed E-state index contributed by atoms with van der Waals surface area (Å²) in [6, 6.07) is 6.92. The lowest BCUT2D eigenvalue weighted by molar-refractivity contribution is -0.137. The van der Waals surface area contributed by atoms with Crippen LogP contribution in [-0.2, 0) is 19.0 Å². The number of thioether (sulfide) groups is 1. The number of halogens is 3. The number of aryl methyl sites for hydroxylation is 2. The third kappa shape index (κ3) is 3.20. The summed E-state index contributed by atoms with van der Waals surface area (Å²) in [7, 11) is 0. The summed E-state index contributed by atoms with van der Waals surface area (Å²) in [4.78, 5) is 19.5. The molecule has 2 heterocycles. The van der Waals surface area contributed by atoms with Crippen molar-refractivity contribution in [1.82, 2.24) is 9.55 Å². The van der Waals surface area contributed by atoms with E-state index in [4.69, 9.17) is 5.26 Å². The molecule has 1 aliphatic rings. The van der Waals surface area contributed by atoms with Gasteiger partial charge >= 0.3 is 6.18 Å². The van der Waals surface area contributed by atoms with Gasteiger partial charge in [0.15, 0.2) is 5.16 Å². The number of alkyl halides is 3. The summed E-state index contributed by atoms with van der Waals surface area (Å²) in [5.74, 6) is -0.0166. The molecule has 2 aromatic heterocycles. The maximum absolute atomic E-state index is 13.6. The minimum absolute atomic E-state index is 0.0166. The first-order valence-corrected chi connectivity index (χ1v) is 10.5. The SMILES string of the molecule is N#CCSc1nc2sc3c(c2c(=O)n1-c1ccccc1C(F)(F)F)CCCC3. The van der Waals surface area contributed by atoms with Crippen LogP contribution < -0.4 is 5.56 Å². The van der Waals surface area contributed by atoms with Gasteiger partial charge in [-0.15, -0.1) is 11.3 Å². The summed E-state index contributed by atoms with van der Waals surface area (Å²) in [6.45, 7) is 0. The molecule has 144 valence electrons. The molecule has 0 radical (unpaired) electrons. The molecular weight excluding hydrogens is 407 g/mol. The molecule has 0 unspecified atom stereocenters. The van der Waals surface area contributed by atoms with E-state index in [1.165, 1.54) is 29.5 Å². The average molecular weight is 421 g/mol. The predicted octanol–water partition coefficient (Wildman–Crippen LogP) is 4.96. The van der Waals surface area contributed by atoms with E-state index in [0.29, 0.717) is 10.2 Å². The molecule has 9 heteroatoms. The normalized spacial score (nSPS) is 14.1. The van der Waals surface area contributed by atoms with Crippen molar-refractivity contribution in [1.29, 1.82) is 5.26 Å². The van der Waals surface area contributed by atoms with E-state index >= 15 is 0 Å². The zero-order valence-corrected chi connectivity index (χ0v) is 16.2. The summed E-state index contributed by atoms with van der Waals surface area (Å²) in [5, 5.41) is 9.45. The molecule has 28 heavy (non-hydrogen) atoms. The first-order valence-electron chi connectivity index (χ1n) is 8.65. The van der Waals surface area contributed by atoms with Crippen molar-refractivity contribution in [3.05, 3.63) is 50.6 Å². The number of fused-ring (bicyclic) bond motifs is 3. The number of aromatic nitrogens is 2. The highest BCUT2D eigenvalue weighted by atomic mass is 32.2. The molecule has 3 aromatic rings. The van der Waals surface area contributed by atoms with Crippen LogP contribution in [0.1, 0.15) is 28.8 Å². The lowest BCUT2D eigenvalue weighted by Gasteiger charge is -2.17. The quantitative estimate of drug-likeness (QED) is 0.443. The van der Waals surface area contributed by atoms with E-state index < -0.39 is 17.3 Å². The Morgan fingerprint density at radius 2 is 2.00 bits per heavy atom. The Bertz CT molecular complexity index is 1160. The number of benzene rings is 1. The van der Waals surface area contributed by atoms with Gasteiger partial charge in [-0.2, -0.15) is 18.4 Å². The van der Waals surface area contributed by atoms with Crippen LogP contribution in [0.15, 0.2) is 34.2 Å². The lowest BCUT2D eigenvalue weighted by Crippen LogP contribution is -2.25. The molecule has 0 aliphatic heterocycles. The van der Waals surface area contributed by atoms with E-state index in [1.54, 1.807) is 0 Å². The van der Waals surface area contributed by atoms with Gasteiger partial charge in [0.05, 0.1) is 28.5 Å². The molecule has 4 nitrogen and oxygen atoms in total. The number of hydrogen-bond acceptors (Lipinski definition) is 5. The molecule has 1 aromatic carbocycles. The Hall–Kier alpha value is -2.31. The summed E-state index contributed by atoms with van der Waals surface area (Å²) in [5.41, 5.74) is -0.743. The first kappa shape index (κ1) is 19.0. The van der Waals surface area contributed by atoms with Crippen molar-refractivity contribution < 1.29 is 13.2 Å². The number of para-hydroxylation sites is 1. The van der Waals surface area contributed by atoms with Crippen LogP contribution in [0.5, 0.6) is 0 Å². The van der Waals surface area contributed by atoms with Crippen LogP contribution in [0.2, 0.25) is 0 Å². The van der Waals surface area contributed by atoms with Crippen LogP contribution >= 0.6 is 23.1 Å². The van der Waals surface area contributed by atoms with Gasteiger partial charge in [-0.3, -0.25) is 9.36 Å². The van der Waals surface area contributed by atoms with Gasteiger partial charge in [-0.1, -0.05) is 23.9 Å². The summed E-state index contributed by atoms with van der Waals surface area (Å²) in [6.07, 6.45) is -1.05. The second-order valence-corrected chi connectivity index (χ2v) is 8.41. The molecule has 1 aliphatic carbocycles. The number of hydrogen-bond donors (Lipinski definition) is 0. The third-order valence-corrected chi connectivity index (χ3v) is 6.67. The van der Waals surface area contributed by atoms with E-state index in [9.17, 15) is 18.0 Å². The monoisotopic (exact) mass is 421 g/mol. The van der Waals surface area contributed by atoms with Crippen LogP contribution in [0.3, 0.4) is 0 Å². The topological polar surface area (TPSA) is 58.7 Å². The first-order chi connectivity index (χ1) is 13.4. The van der Waals surface area contributed by atoms with Gasteiger partial charge in [0.2, 0.25) is 0 Å². The molecule has 0 saturated carbocycles. The van der Waals surface area contributed by atoms with E-state index in [2.05, 4.69) is 4.98 Å². The van der Waals surface area contributed by atoms with Crippen LogP contribution in [0.25, 0.3) is 15.9 Å². The largest absolute Gasteiger partial charge is 0.418 e. The highest BCUT2D eigenvalue weighted by Crippen LogP contribution is 2.37. The van der Waals surface area contributed by atoms with Gasteiger partial charge in [-0.05, 0) is 43.4 Å². The predicted molar refractivity (Wildman–Crippen MR) is 103 cm³/mol. The highest BCUT2D eigenvalue weighted by molar-refractivity contribution is 7.99. The maximum Gasteiger partial charge on any atom is 0.418 e. The van der Waals surface area contributed by atoms with Gasteiger partial charge < -0.3 is 0 Å². The second-order valence-electron chi connectivity index (χ2n) is 6.39. The van der Waals surface area contributed by atoms with Crippen LogP contribution in [0, 0.1) is 11.3 Å². The van der Waals surface area contributed by atoms with Crippen molar-refractivity contribution in [3.63, 3.8) is 0 Å². The molecule has 0 bridgehead atoms. The molecule has 0 amide bonds. The number of nitrogens with zero attached hydrogens (tertiary/aromatic N) is 3. The highest BCUT2D eigenvalue weighted by Gasteiger charge is 2.35. The van der Waals surface area contributed by atoms with E-state index in [0.717, 1.165) is 58.5 Å². The fraction of sp³-hybridized carbons (Fsp3) is 0.316. The van der Waals surface area contributed by atoms with Crippen LogP contribution in [-0.4, -0.2) is 15.3 Å². The van der Waals surface area contributed by atoms with Gasteiger partial charge in [0.1, 0.15) is 4.83 Å². The third-order valence-electron chi connectivity index (χ3n) is 4.67. The summed E-state index contributed by atoms with van der Waals surface area (Å²) < 4.78 is 41.8. The standard InChI is InChI=1S/C19H14F3N3OS2/c20-19(21,22)12-6-2-3-7-13(12)25-17(26)15-11-5-1-4-8-14(11)28-16(15)24-18(25)27-10-9-23/h2-3,6-7H,1,4-5,8,10H2. The summed E-state index contributed by atoms with van der Waals surface area (Å²) >= 11 is 2.40. The smallest absolute Gasteiger partial charge is 0.268 e. The number of nitriles is 1. The molecule has 0 fully saturated rings. The Morgan fingerprint density at radius 3 is 2.75 bits per heavy atom. The van der Waals surface area contributed by atoms with Gasteiger partial charge in [0, 0.05) is 4.88 Å². The minimum atomic E-state index is -4.61. The van der Waals surface area contributed by atoms with E-state index in [-0.39, 0.29) is 16.6 Å². The zero-order chi connectivity index (χ0) is 19.9. The van der Waals surface area contributed by atoms with Crippen molar-refractivity contribution in [2.75, 3.05) is 5.75 Å². The lowest BCUT2D eigenvalue weighted by atomic mass is 9.97. The van der Waals surface area contributed by atoms with E-state index in [1.807, 2.05) is 6.07 Å². The maximum atomic E-state index is 13.6. The minimum Gasteiger partial charge on any atom is -0.268 e. The van der Waals surface area contributed by atoms with Crippen LogP contribution in [0.4, 0.5) is 13.2 Å². The molecular formula is C19H14F3N3OS2. The Balaban J connectivity index is 2.06. The Kier molecular flexibility index (Phi) is 4.93. The molecule has 0 atom stereocenters. The van der Waals surface area contributed by atoms with Crippen molar-refractivity contribution in [2.45, 2.75) is 37.0 Å². The Morgan fingerprint density at radius 1 is 1.25 bits per heavy atom. The molecule has 0 saturated heterocycles. The molecule has 0 spiro atoms. The second kappa shape index (κ2) is 7.26. The van der Waals surface area contributed by atoms with Crippen molar-refractivity contribution in [3.8, 4) is 11.8 Å². The Labute approximate surface area is 166 Å². The molecule has 4 rings (SSSR count). The zero-order valence-electron chi connectivity index (χ0n) is 14.5. The van der Waals surface area contributed by atoms with Gasteiger partial charge in [-0.25, -0.2) is 4.98 Å². The van der Waals surface area contributed by atoms with Gasteiger partial charge in [0.25, 0.3) is 5.56 Å². The average Bonchev–Trinajstić information content (AvgIpc) is 3.04. The number of thiophene rings is 1. The fourth-order valence-corrected chi connectivity index (χ4v) is 5.47. The number of rotatable bonds is 3. The fourth-order valence-electron chi connectivity index (χ4n) is 3.50. The van der Waals surface area contributed by atoms with Crippen molar-refractivity contribution >= 4 is 33.3 Å². The van der Waals surface area contributed by atoms with Crippen molar-refractivity contribution in [2.24, 2.45) is 0 Å². The molecule has 0 N–H and O–H groups in total.